The fourth-order valence-electron chi connectivity index (χ4n) is 9.41. The van der Waals surface area contributed by atoms with E-state index in [9.17, 15) is 19.8 Å². The zero-order valence-electron chi connectivity index (χ0n) is 43.5. The molecule has 2 atom stereocenters. The number of unbranched alkanes of at least 4 members (excludes halogenated alkanes) is 44. The van der Waals surface area contributed by atoms with Crippen molar-refractivity contribution in [1.29, 1.82) is 0 Å². The number of nitrogens with one attached hydrogen (secondary N) is 1. The standard InChI is InChI=1S/C58H115NO5/c1-3-5-7-9-11-13-15-17-18-19-20-21-22-23-24-25-27-30-34-38-42-46-50-56(61)55(54-60)59-57(62)51-47-43-39-35-31-28-29-33-37-41-45-49-53-64-58(63)52-48-44-40-36-32-26-16-14-12-10-8-6-4-2/h55-56,60-61H,3-54H2,1-2H3,(H,59,62). The molecule has 2 unspecified atom stereocenters. The Labute approximate surface area is 400 Å². The third-order valence-electron chi connectivity index (χ3n) is 13.9. The third-order valence-corrected chi connectivity index (χ3v) is 13.9. The normalized spacial score (nSPS) is 12.5. The zero-order chi connectivity index (χ0) is 46.5. The lowest BCUT2D eigenvalue weighted by molar-refractivity contribution is -0.143. The van der Waals surface area contributed by atoms with Gasteiger partial charge in [0.25, 0.3) is 0 Å². The summed E-state index contributed by atoms with van der Waals surface area (Å²) in [4.78, 5) is 24.5. The molecule has 0 aromatic carbocycles. The maximum Gasteiger partial charge on any atom is 0.305 e. The molecule has 0 radical (unpaired) electrons. The van der Waals surface area contributed by atoms with Crippen molar-refractivity contribution in [3.63, 3.8) is 0 Å². The van der Waals surface area contributed by atoms with Crippen LogP contribution < -0.4 is 5.32 Å². The van der Waals surface area contributed by atoms with E-state index in [0.29, 0.717) is 25.9 Å². The lowest BCUT2D eigenvalue weighted by atomic mass is 10.0. The highest BCUT2D eigenvalue weighted by atomic mass is 16.5. The Morgan fingerprint density at radius 1 is 0.375 bits per heavy atom. The van der Waals surface area contributed by atoms with Gasteiger partial charge in [-0.25, -0.2) is 0 Å². The van der Waals surface area contributed by atoms with Gasteiger partial charge in [-0.1, -0.05) is 296 Å². The first-order valence-electron chi connectivity index (χ1n) is 29.3. The van der Waals surface area contributed by atoms with Gasteiger partial charge in [0, 0.05) is 12.8 Å². The van der Waals surface area contributed by atoms with E-state index in [4.69, 9.17) is 4.74 Å². The molecule has 0 spiro atoms. The summed E-state index contributed by atoms with van der Waals surface area (Å²) in [7, 11) is 0. The van der Waals surface area contributed by atoms with Crippen LogP contribution in [0.15, 0.2) is 0 Å². The number of hydrogen-bond acceptors (Lipinski definition) is 5. The van der Waals surface area contributed by atoms with Crippen molar-refractivity contribution in [2.24, 2.45) is 0 Å². The molecule has 64 heavy (non-hydrogen) atoms. The highest BCUT2D eigenvalue weighted by Crippen LogP contribution is 2.18. The molecule has 0 saturated carbocycles. The molecular weight excluding hydrogens is 791 g/mol. The van der Waals surface area contributed by atoms with Crippen LogP contribution in [0.1, 0.15) is 335 Å². The summed E-state index contributed by atoms with van der Waals surface area (Å²) < 4.78 is 5.46. The second-order valence-electron chi connectivity index (χ2n) is 20.3. The van der Waals surface area contributed by atoms with Crippen molar-refractivity contribution in [1.82, 2.24) is 5.32 Å². The number of carbonyl (C=O) groups is 2. The molecule has 0 aliphatic heterocycles. The maximum absolute atomic E-state index is 12.5. The average Bonchev–Trinajstić information content (AvgIpc) is 3.29. The molecule has 0 aliphatic rings. The van der Waals surface area contributed by atoms with Crippen molar-refractivity contribution < 1.29 is 24.5 Å². The average molecular weight is 907 g/mol. The van der Waals surface area contributed by atoms with E-state index in [2.05, 4.69) is 19.2 Å². The van der Waals surface area contributed by atoms with Gasteiger partial charge in [0.05, 0.1) is 25.4 Å². The van der Waals surface area contributed by atoms with Crippen molar-refractivity contribution in [2.45, 2.75) is 347 Å². The summed E-state index contributed by atoms with van der Waals surface area (Å²) in [6.07, 6.45) is 62.3. The molecule has 0 saturated heterocycles. The highest BCUT2D eigenvalue weighted by molar-refractivity contribution is 5.76. The van der Waals surface area contributed by atoms with Gasteiger partial charge in [-0.3, -0.25) is 9.59 Å². The molecule has 0 aliphatic carbocycles. The fourth-order valence-corrected chi connectivity index (χ4v) is 9.41. The molecule has 6 heteroatoms. The first-order valence-corrected chi connectivity index (χ1v) is 29.3. The van der Waals surface area contributed by atoms with Crippen molar-refractivity contribution in [3.05, 3.63) is 0 Å². The molecule has 0 fully saturated rings. The van der Waals surface area contributed by atoms with Crippen LogP contribution in [0.3, 0.4) is 0 Å². The summed E-state index contributed by atoms with van der Waals surface area (Å²) in [6, 6.07) is -0.552. The largest absolute Gasteiger partial charge is 0.466 e. The SMILES string of the molecule is CCCCCCCCCCCCCCCCCCCCCCCCC(O)C(CO)NC(=O)CCCCCCCCCCCCCCOC(=O)CCCCCCCCCCCCCCC. The van der Waals surface area contributed by atoms with E-state index in [-0.39, 0.29) is 18.5 Å². The Kier molecular flexibility index (Phi) is 53.5. The summed E-state index contributed by atoms with van der Waals surface area (Å²) >= 11 is 0. The third kappa shape index (κ3) is 50.3. The van der Waals surface area contributed by atoms with Crippen LogP contribution in [0.25, 0.3) is 0 Å². The minimum atomic E-state index is -0.674. The summed E-state index contributed by atoms with van der Waals surface area (Å²) in [5.41, 5.74) is 0. The number of aliphatic hydroxyl groups excluding tert-OH is 2. The summed E-state index contributed by atoms with van der Waals surface area (Å²) in [5, 5.41) is 23.3. The number of ether oxygens (including phenoxy) is 1. The van der Waals surface area contributed by atoms with E-state index in [1.54, 1.807) is 0 Å². The Morgan fingerprint density at radius 2 is 0.641 bits per heavy atom. The van der Waals surface area contributed by atoms with Crippen LogP contribution in [-0.2, 0) is 14.3 Å². The number of aliphatic hydroxyl groups is 2. The summed E-state index contributed by atoms with van der Waals surface area (Å²) in [6.45, 7) is 4.95. The second kappa shape index (κ2) is 54.5. The first kappa shape index (κ1) is 62.9. The van der Waals surface area contributed by atoms with Gasteiger partial charge in [-0.2, -0.15) is 0 Å². The van der Waals surface area contributed by atoms with Crippen LogP contribution in [0.2, 0.25) is 0 Å². The van der Waals surface area contributed by atoms with E-state index in [1.807, 2.05) is 0 Å². The number of hydrogen-bond donors (Lipinski definition) is 3. The van der Waals surface area contributed by atoms with Crippen LogP contribution in [0.4, 0.5) is 0 Å². The van der Waals surface area contributed by atoms with Gasteiger partial charge >= 0.3 is 5.97 Å². The number of esters is 1. The molecule has 382 valence electrons. The zero-order valence-corrected chi connectivity index (χ0v) is 43.5. The van der Waals surface area contributed by atoms with Gasteiger partial charge in [-0.15, -0.1) is 0 Å². The maximum atomic E-state index is 12.5. The molecule has 0 rings (SSSR count). The minimum Gasteiger partial charge on any atom is -0.466 e. The summed E-state index contributed by atoms with van der Waals surface area (Å²) in [5.74, 6) is -0.0522. The topological polar surface area (TPSA) is 95.9 Å². The van der Waals surface area contributed by atoms with Crippen LogP contribution in [-0.4, -0.2) is 47.4 Å². The van der Waals surface area contributed by atoms with Gasteiger partial charge in [-0.05, 0) is 25.7 Å². The quantitative estimate of drug-likeness (QED) is 0.0417. The Hall–Kier alpha value is -1.14. The van der Waals surface area contributed by atoms with E-state index >= 15 is 0 Å². The second-order valence-corrected chi connectivity index (χ2v) is 20.3. The molecule has 0 heterocycles. The monoisotopic (exact) mass is 906 g/mol. The number of rotatable bonds is 55. The Balaban J connectivity index is 3.44. The fraction of sp³-hybridized carbons (Fsp3) is 0.966. The predicted molar refractivity (Wildman–Crippen MR) is 278 cm³/mol. The van der Waals surface area contributed by atoms with Gasteiger partial charge in [0.15, 0.2) is 0 Å². The molecule has 1 amide bonds. The highest BCUT2D eigenvalue weighted by Gasteiger charge is 2.20. The molecule has 3 N–H and O–H groups in total. The van der Waals surface area contributed by atoms with Crippen molar-refractivity contribution in [2.75, 3.05) is 13.2 Å². The number of amides is 1. The van der Waals surface area contributed by atoms with Crippen LogP contribution in [0, 0.1) is 0 Å². The van der Waals surface area contributed by atoms with E-state index < -0.39 is 12.1 Å². The molecular formula is C58H115NO5. The van der Waals surface area contributed by atoms with E-state index in [1.165, 1.54) is 244 Å². The van der Waals surface area contributed by atoms with Gasteiger partial charge in [0.1, 0.15) is 0 Å². The van der Waals surface area contributed by atoms with Gasteiger partial charge in [0.2, 0.25) is 5.91 Å². The number of carbonyl (C=O) groups excluding carboxylic acids is 2. The smallest absolute Gasteiger partial charge is 0.305 e. The Morgan fingerprint density at radius 3 is 0.953 bits per heavy atom. The molecule has 0 aromatic rings. The first-order chi connectivity index (χ1) is 31.5. The van der Waals surface area contributed by atoms with Crippen LogP contribution in [0.5, 0.6) is 0 Å². The molecule has 0 aromatic heterocycles. The van der Waals surface area contributed by atoms with Crippen molar-refractivity contribution in [3.8, 4) is 0 Å². The minimum absolute atomic E-state index is 0.00622. The molecule has 6 nitrogen and oxygen atoms in total. The van der Waals surface area contributed by atoms with E-state index in [0.717, 1.165) is 57.8 Å². The van der Waals surface area contributed by atoms with Crippen LogP contribution >= 0.6 is 0 Å². The lowest BCUT2D eigenvalue weighted by Crippen LogP contribution is -2.45. The van der Waals surface area contributed by atoms with Gasteiger partial charge < -0.3 is 20.3 Å². The van der Waals surface area contributed by atoms with Crippen molar-refractivity contribution >= 4 is 11.9 Å². The predicted octanol–water partition coefficient (Wildman–Crippen LogP) is 17.9. The lowest BCUT2D eigenvalue weighted by Gasteiger charge is -2.22. The Bertz CT molecular complexity index is 913. The molecule has 0 bridgehead atoms.